The van der Waals surface area contributed by atoms with Gasteiger partial charge in [0.05, 0.1) is 12.7 Å². The van der Waals surface area contributed by atoms with E-state index < -0.39 is 10.0 Å². The highest BCUT2D eigenvalue weighted by Gasteiger charge is 2.39. The summed E-state index contributed by atoms with van der Waals surface area (Å²) in [6, 6.07) is -0.0562. The zero-order valence-corrected chi connectivity index (χ0v) is 17.5. The van der Waals surface area contributed by atoms with Crippen LogP contribution >= 0.6 is 0 Å². The van der Waals surface area contributed by atoms with Crippen LogP contribution in [0.3, 0.4) is 0 Å². The average molecular weight is 423 g/mol. The van der Waals surface area contributed by atoms with Crippen LogP contribution in [0.15, 0.2) is 15.6 Å². The first kappa shape index (κ1) is 20.0. The summed E-state index contributed by atoms with van der Waals surface area (Å²) in [5.41, 5.74) is 0.620. The summed E-state index contributed by atoms with van der Waals surface area (Å²) >= 11 is 0. The van der Waals surface area contributed by atoms with Gasteiger partial charge in [-0.25, -0.2) is 8.42 Å². The largest absolute Gasteiger partial charge is 0.360 e. The number of nitrogens with one attached hydrogen (secondary N) is 1. The summed E-state index contributed by atoms with van der Waals surface area (Å²) in [6.45, 7) is 4.00. The van der Waals surface area contributed by atoms with E-state index in [2.05, 4.69) is 20.8 Å². The van der Waals surface area contributed by atoms with Gasteiger partial charge in [-0.15, -0.1) is 5.10 Å². The zero-order valence-electron chi connectivity index (χ0n) is 16.7. The van der Waals surface area contributed by atoms with Crippen molar-refractivity contribution in [2.45, 2.75) is 75.9 Å². The van der Waals surface area contributed by atoms with Crippen LogP contribution in [0, 0.1) is 13.8 Å². The van der Waals surface area contributed by atoms with E-state index in [0.29, 0.717) is 31.0 Å². The number of sulfonamides is 1. The number of nitrogens with zero attached hydrogens (tertiary/aromatic N) is 5. The number of hydrogen-bond donors (Lipinski definition) is 1. The number of aryl methyl sites for hydroxylation is 2. The minimum absolute atomic E-state index is 0.139. The van der Waals surface area contributed by atoms with Crippen molar-refractivity contribution >= 4 is 15.9 Å². The van der Waals surface area contributed by atoms with Crippen molar-refractivity contribution in [3.8, 4) is 0 Å². The normalized spacial score (nSPS) is 21.1. The highest BCUT2D eigenvalue weighted by Crippen LogP contribution is 2.30. The Morgan fingerprint density at radius 1 is 1.24 bits per heavy atom. The topological polar surface area (TPSA) is 123 Å². The molecule has 0 spiro atoms. The predicted octanol–water partition coefficient (Wildman–Crippen LogP) is 1.41. The first-order valence-corrected chi connectivity index (χ1v) is 11.5. The van der Waals surface area contributed by atoms with Gasteiger partial charge in [0.2, 0.25) is 10.0 Å². The minimum atomic E-state index is -3.71. The molecule has 10 nitrogen and oxygen atoms in total. The van der Waals surface area contributed by atoms with Crippen molar-refractivity contribution in [1.29, 1.82) is 0 Å². The van der Waals surface area contributed by atoms with E-state index >= 15 is 0 Å². The van der Waals surface area contributed by atoms with Gasteiger partial charge in [-0.3, -0.25) is 9.48 Å². The second kappa shape index (κ2) is 7.86. The molecular formula is C18H26N6O4S. The third kappa shape index (κ3) is 3.93. The van der Waals surface area contributed by atoms with E-state index in [-0.39, 0.29) is 28.6 Å². The van der Waals surface area contributed by atoms with Crippen LogP contribution in [-0.4, -0.2) is 57.4 Å². The first-order chi connectivity index (χ1) is 13.9. The Kier molecular flexibility index (Phi) is 5.43. The van der Waals surface area contributed by atoms with Crippen LogP contribution in [0.4, 0.5) is 0 Å². The van der Waals surface area contributed by atoms with Crippen LogP contribution in [0.2, 0.25) is 0 Å². The average Bonchev–Trinajstić information content (AvgIpc) is 3.44. The number of rotatable bonds is 6. The maximum Gasteiger partial charge on any atom is 0.273 e. The second-order valence-corrected chi connectivity index (χ2v) is 9.67. The molecule has 2 aromatic rings. The maximum absolute atomic E-state index is 13.2. The van der Waals surface area contributed by atoms with E-state index in [4.69, 9.17) is 4.52 Å². The summed E-state index contributed by atoms with van der Waals surface area (Å²) < 4.78 is 34.4. The van der Waals surface area contributed by atoms with Gasteiger partial charge in [-0.05, 0) is 39.5 Å². The predicted molar refractivity (Wildman–Crippen MR) is 103 cm³/mol. The lowest BCUT2D eigenvalue weighted by Crippen LogP contribution is -2.38. The summed E-state index contributed by atoms with van der Waals surface area (Å²) in [7, 11) is -3.71. The number of carbonyl (C=O) groups excluding carboxylic acids is 1. The molecule has 1 aliphatic heterocycles. The van der Waals surface area contributed by atoms with Crippen molar-refractivity contribution < 1.29 is 17.7 Å². The molecular weight excluding hydrogens is 396 g/mol. The molecule has 1 unspecified atom stereocenters. The molecule has 4 rings (SSSR count). The van der Waals surface area contributed by atoms with Gasteiger partial charge in [0, 0.05) is 18.6 Å². The molecule has 1 atom stereocenters. The number of hydrogen-bond acceptors (Lipinski definition) is 7. The molecule has 0 radical (unpaired) electrons. The van der Waals surface area contributed by atoms with Gasteiger partial charge in [0.25, 0.3) is 5.91 Å². The molecule has 11 heteroatoms. The molecule has 1 saturated carbocycles. The summed E-state index contributed by atoms with van der Waals surface area (Å²) in [4.78, 5) is 12.5. The standard InChI is InChI=1S/C18H26N6O4S/c1-12-17(13(2)28-21-12)29(26,27)24-9-5-8-15(24)10-23-11-16(20-22-23)18(25)19-14-6-3-4-7-14/h11,14-15H,3-10H2,1-2H3,(H,19,25). The van der Waals surface area contributed by atoms with E-state index in [1.165, 1.54) is 4.31 Å². The highest BCUT2D eigenvalue weighted by molar-refractivity contribution is 7.89. The summed E-state index contributed by atoms with van der Waals surface area (Å²) in [5.74, 6) is 0.0644. The Labute approximate surface area is 169 Å². The first-order valence-electron chi connectivity index (χ1n) is 10.0. The molecule has 0 bridgehead atoms. The van der Waals surface area contributed by atoms with Gasteiger partial charge < -0.3 is 9.84 Å². The van der Waals surface area contributed by atoms with E-state index in [9.17, 15) is 13.2 Å². The van der Waals surface area contributed by atoms with Crippen LogP contribution in [-0.2, 0) is 16.6 Å². The van der Waals surface area contributed by atoms with Crippen LogP contribution in [0.1, 0.15) is 60.5 Å². The molecule has 29 heavy (non-hydrogen) atoms. The van der Waals surface area contributed by atoms with Gasteiger partial charge in [0.15, 0.2) is 11.5 Å². The van der Waals surface area contributed by atoms with Crippen molar-refractivity contribution in [3.63, 3.8) is 0 Å². The van der Waals surface area contributed by atoms with Crippen molar-refractivity contribution in [3.05, 3.63) is 23.3 Å². The van der Waals surface area contributed by atoms with Crippen molar-refractivity contribution in [1.82, 2.24) is 29.8 Å². The molecule has 3 heterocycles. The van der Waals surface area contributed by atoms with Crippen molar-refractivity contribution in [2.75, 3.05) is 6.54 Å². The van der Waals surface area contributed by atoms with Gasteiger partial charge in [-0.2, -0.15) is 4.31 Å². The van der Waals surface area contributed by atoms with Gasteiger partial charge >= 0.3 is 0 Å². The molecule has 1 amide bonds. The highest BCUT2D eigenvalue weighted by atomic mass is 32.2. The fourth-order valence-corrected chi connectivity index (χ4v) is 6.28. The second-order valence-electron chi connectivity index (χ2n) is 7.85. The minimum Gasteiger partial charge on any atom is -0.360 e. The third-order valence-corrected chi connectivity index (χ3v) is 7.91. The monoisotopic (exact) mass is 422 g/mol. The molecule has 0 aromatic carbocycles. The Bertz CT molecular complexity index is 972. The number of carbonyl (C=O) groups is 1. The number of aromatic nitrogens is 4. The third-order valence-electron chi connectivity index (χ3n) is 5.72. The van der Waals surface area contributed by atoms with Crippen LogP contribution < -0.4 is 5.32 Å². The van der Waals surface area contributed by atoms with Gasteiger partial charge in [-0.1, -0.05) is 23.2 Å². The molecule has 1 aliphatic carbocycles. The Balaban J connectivity index is 1.46. The molecule has 1 saturated heterocycles. The maximum atomic E-state index is 13.2. The van der Waals surface area contributed by atoms with Gasteiger partial charge in [0.1, 0.15) is 10.6 Å². The molecule has 2 aromatic heterocycles. The lowest BCUT2D eigenvalue weighted by molar-refractivity contribution is 0.0932. The fraction of sp³-hybridized carbons (Fsp3) is 0.667. The lowest BCUT2D eigenvalue weighted by Gasteiger charge is -2.23. The molecule has 158 valence electrons. The summed E-state index contributed by atoms with van der Waals surface area (Å²) in [6.07, 6.45) is 7.32. The van der Waals surface area contributed by atoms with Crippen molar-refractivity contribution in [2.24, 2.45) is 0 Å². The SMILES string of the molecule is Cc1noc(C)c1S(=O)(=O)N1CCCC1Cn1cc(C(=O)NC2CCCC2)nn1. The Hall–Kier alpha value is -2.27. The quantitative estimate of drug-likeness (QED) is 0.746. The summed E-state index contributed by atoms with van der Waals surface area (Å²) in [5, 5.41) is 14.8. The van der Waals surface area contributed by atoms with E-state index in [1.54, 1.807) is 24.7 Å². The molecule has 2 aliphatic rings. The van der Waals surface area contributed by atoms with E-state index in [1.807, 2.05) is 0 Å². The zero-order chi connectivity index (χ0) is 20.6. The van der Waals surface area contributed by atoms with Crippen LogP contribution in [0.5, 0.6) is 0 Å². The number of amides is 1. The molecule has 2 fully saturated rings. The van der Waals surface area contributed by atoms with E-state index in [0.717, 1.165) is 32.1 Å². The molecule has 1 N–H and O–H groups in total. The Morgan fingerprint density at radius 3 is 2.69 bits per heavy atom. The fourth-order valence-electron chi connectivity index (χ4n) is 4.31. The van der Waals surface area contributed by atoms with Crippen LogP contribution in [0.25, 0.3) is 0 Å². The lowest BCUT2D eigenvalue weighted by atomic mass is 10.2. The smallest absolute Gasteiger partial charge is 0.273 e. The Morgan fingerprint density at radius 2 is 2.00 bits per heavy atom.